The summed E-state index contributed by atoms with van der Waals surface area (Å²) in [6.45, 7) is 1.75. The van der Waals surface area contributed by atoms with Crippen molar-refractivity contribution in [3.63, 3.8) is 0 Å². The minimum Gasteiger partial charge on any atom is -0.493 e. The predicted octanol–water partition coefficient (Wildman–Crippen LogP) is 3.47. The molecule has 0 spiro atoms. The van der Waals surface area contributed by atoms with Crippen molar-refractivity contribution in [1.82, 2.24) is 10.2 Å². The lowest BCUT2D eigenvalue weighted by molar-refractivity contribution is -0.115. The fraction of sp³-hybridized carbons (Fsp3) is 0.235. The summed E-state index contributed by atoms with van der Waals surface area (Å²) in [7, 11) is 3.09. The first kappa shape index (κ1) is 17.9. The van der Waals surface area contributed by atoms with Crippen LogP contribution in [0.2, 0.25) is 0 Å². The van der Waals surface area contributed by atoms with Crippen LogP contribution in [0.4, 0.5) is 5.69 Å². The Bertz CT molecular complexity index is 878. The molecule has 0 saturated carbocycles. The Morgan fingerprint density at radius 2 is 2.00 bits per heavy atom. The van der Waals surface area contributed by atoms with Crippen LogP contribution in [0.25, 0.3) is 11.7 Å². The average molecular weight is 375 g/mol. The van der Waals surface area contributed by atoms with Crippen LogP contribution in [0.15, 0.2) is 50.7 Å². The number of aromatic nitrogens is 2. The maximum Gasteiger partial charge on any atom is 0.284 e. The van der Waals surface area contributed by atoms with Gasteiger partial charge in [0.2, 0.25) is 5.91 Å². The van der Waals surface area contributed by atoms with E-state index in [-0.39, 0.29) is 17.0 Å². The second-order valence-electron chi connectivity index (χ2n) is 5.17. The summed E-state index contributed by atoms with van der Waals surface area (Å²) < 4.78 is 21.1. The van der Waals surface area contributed by atoms with Crippen LogP contribution in [0.1, 0.15) is 6.92 Å². The third kappa shape index (κ3) is 3.99. The van der Waals surface area contributed by atoms with Crippen molar-refractivity contribution < 1.29 is 23.1 Å². The van der Waals surface area contributed by atoms with E-state index in [1.807, 2.05) is 0 Å². The molecule has 0 aliphatic heterocycles. The summed E-state index contributed by atoms with van der Waals surface area (Å²) in [5.74, 6) is 1.66. The molecule has 0 radical (unpaired) electrons. The Kier molecular flexibility index (Phi) is 5.47. The number of ether oxygens (including phenoxy) is 2. The number of carbonyl (C=O) groups excluding carboxylic acids is 1. The van der Waals surface area contributed by atoms with E-state index in [0.29, 0.717) is 22.9 Å². The van der Waals surface area contributed by atoms with Crippen molar-refractivity contribution in [2.75, 3.05) is 19.5 Å². The number of nitrogens with one attached hydrogen (secondary N) is 1. The van der Waals surface area contributed by atoms with Gasteiger partial charge in [0.15, 0.2) is 17.3 Å². The van der Waals surface area contributed by atoms with E-state index in [2.05, 4.69) is 15.5 Å². The molecular formula is C17H17N3O5S. The molecule has 1 amide bonds. The van der Waals surface area contributed by atoms with Crippen LogP contribution in [-0.2, 0) is 4.79 Å². The Morgan fingerprint density at radius 1 is 1.19 bits per heavy atom. The van der Waals surface area contributed by atoms with Gasteiger partial charge in [-0.25, -0.2) is 0 Å². The molecule has 0 aliphatic carbocycles. The molecule has 0 saturated heterocycles. The monoisotopic (exact) mass is 375 g/mol. The first-order valence-corrected chi connectivity index (χ1v) is 8.55. The molecule has 9 heteroatoms. The summed E-state index contributed by atoms with van der Waals surface area (Å²) in [4.78, 5) is 12.4. The van der Waals surface area contributed by atoms with Crippen LogP contribution in [0.3, 0.4) is 0 Å². The van der Waals surface area contributed by atoms with Crippen molar-refractivity contribution >= 4 is 23.4 Å². The van der Waals surface area contributed by atoms with Gasteiger partial charge in [-0.15, -0.1) is 10.2 Å². The lowest BCUT2D eigenvalue weighted by Gasteiger charge is -2.12. The lowest BCUT2D eigenvalue weighted by Crippen LogP contribution is -2.22. The molecule has 2 heterocycles. The number of amides is 1. The van der Waals surface area contributed by atoms with Crippen molar-refractivity contribution in [3.05, 3.63) is 36.6 Å². The number of nitrogens with zero attached hydrogens (tertiary/aromatic N) is 2. The Hall–Kier alpha value is -2.94. The molecule has 8 nitrogen and oxygen atoms in total. The van der Waals surface area contributed by atoms with Crippen LogP contribution in [0.5, 0.6) is 11.5 Å². The molecule has 3 aromatic rings. The molecule has 0 fully saturated rings. The van der Waals surface area contributed by atoms with Gasteiger partial charge in [0, 0.05) is 11.8 Å². The zero-order chi connectivity index (χ0) is 18.5. The van der Waals surface area contributed by atoms with Gasteiger partial charge in [-0.2, -0.15) is 0 Å². The van der Waals surface area contributed by atoms with Crippen LogP contribution in [0, 0.1) is 0 Å². The van der Waals surface area contributed by atoms with Gasteiger partial charge < -0.3 is 23.6 Å². The van der Waals surface area contributed by atoms with E-state index in [0.717, 1.165) is 11.8 Å². The lowest BCUT2D eigenvalue weighted by atomic mass is 10.2. The topological polar surface area (TPSA) is 99.6 Å². The number of methoxy groups -OCH3 is 2. The number of anilines is 1. The number of furan rings is 1. The fourth-order valence-electron chi connectivity index (χ4n) is 2.12. The summed E-state index contributed by atoms with van der Waals surface area (Å²) in [6, 6.07) is 8.59. The Morgan fingerprint density at radius 3 is 2.69 bits per heavy atom. The number of rotatable bonds is 7. The van der Waals surface area contributed by atoms with E-state index < -0.39 is 5.25 Å². The second-order valence-corrected chi connectivity index (χ2v) is 6.46. The van der Waals surface area contributed by atoms with Gasteiger partial charge in [-0.3, -0.25) is 4.79 Å². The molecule has 136 valence electrons. The minimum absolute atomic E-state index is 0.208. The third-order valence-corrected chi connectivity index (χ3v) is 4.37. The van der Waals surface area contributed by atoms with Gasteiger partial charge in [0.1, 0.15) is 0 Å². The second kappa shape index (κ2) is 7.96. The maximum absolute atomic E-state index is 12.4. The summed E-state index contributed by atoms with van der Waals surface area (Å²) in [5, 5.41) is 10.5. The molecule has 26 heavy (non-hydrogen) atoms. The van der Waals surface area contributed by atoms with Gasteiger partial charge in [0.05, 0.1) is 25.7 Å². The fourth-order valence-corrected chi connectivity index (χ4v) is 2.80. The van der Waals surface area contributed by atoms with Crippen molar-refractivity contribution in [2.45, 2.75) is 17.4 Å². The van der Waals surface area contributed by atoms with Gasteiger partial charge in [-0.1, -0.05) is 11.8 Å². The van der Waals surface area contributed by atoms with E-state index in [4.69, 9.17) is 18.3 Å². The maximum atomic E-state index is 12.4. The van der Waals surface area contributed by atoms with Crippen molar-refractivity contribution in [2.24, 2.45) is 0 Å². The van der Waals surface area contributed by atoms with Crippen molar-refractivity contribution in [3.8, 4) is 23.1 Å². The molecule has 0 bridgehead atoms. The summed E-state index contributed by atoms with van der Waals surface area (Å²) in [5.41, 5.74) is 0.599. The predicted molar refractivity (Wildman–Crippen MR) is 95.5 cm³/mol. The number of hydrogen-bond donors (Lipinski definition) is 1. The largest absolute Gasteiger partial charge is 0.493 e. The molecule has 0 unspecified atom stereocenters. The average Bonchev–Trinajstić information content (AvgIpc) is 3.33. The molecular weight excluding hydrogens is 358 g/mol. The highest BCUT2D eigenvalue weighted by Gasteiger charge is 2.20. The number of benzene rings is 1. The standard InChI is InChI=1S/C17H17N3O5S/c1-10(26-17-20-19-16(25-17)13-5-4-8-24-13)15(21)18-11-6-7-12(22-2)14(9-11)23-3/h4-10H,1-3H3,(H,18,21)/t10-/m0/s1. The van der Waals surface area contributed by atoms with Crippen LogP contribution >= 0.6 is 11.8 Å². The van der Waals surface area contributed by atoms with Crippen molar-refractivity contribution in [1.29, 1.82) is 0 Å². The molecule has 2 aromatic heterocycles. The minimum atomic E-state index is -0.451. The third-order valence-electron chi connectivity index (χ3n) is 3.44. The van der Waals surface area contributed by atoms with E-state index in [1.54, 1.807) is 44.4 Å². The van der Waals surface area contributed by atoms with Gasteiger partial charge in [0.25, 0.3) is 11.1 Å². The molecule has 3 rings (SSSR count). The Labute approximate surface area is 153 Å². The number of hydrogen-bond acceptors (Lipinski definition) is 8. The van der Waals surface area contributed by atoms with Gasteiger partial charge in [-0.05, 0) is 31.2 Å². The van der Waals surface area contributed by atoms with E-state index >= 15 is 0 Å². The number of thioether (sulfide) groups is 1. The van der Waals surface area contributed by atoms with E-state index in [1.165, 1.54) is 13.4 Å². The van der Waals surface area contributed by atoms with Gasteiger partial charge >= 0.3 is 0 Å². The summed E-state index contributed by atoms with van der Waals surface area (Å²) in [6.07, 6.45) is 1.52. The highest BCUT2D eigenvalue weighted by molar-refractivity contribution is 8.00. The first-order valence-electron chi connectivity index (χ1n) is 7.67. The highest BCUT2D eigenvalue weighted by atomic mass is 32.2. The first-order chi connectivity index (χ1) is 12.6. The quantitative estimate of drug-likeness (QED) is 0.627. The number of carbonyl (C=O) groups is 1. The zero-order valence-electron chi connectivity index (χ0n) is 14.4. The van der Waals surface area contributed by atoms with Crippen LogP contribution in [-0.4, -0.2) is 35.6 Å². The smallest absolute Gasteiger partial charge is 0.284 e. The highest BCUT2D eigenvalue weighted by Crippen LogP contribution is 2.31. The molecule has 1 aromatic carbocycles. The normalized spacial score (nSPS) is 11.8. The molecule has 0 aliphatic rings. The molecule has 1 atom stereocenters. The summed E-state index contributed by atoms with van der Waals surface area (Å²) >= 11 is 1.16. The molecule has 1 N–H and O–H groups in total. The zero-order valence-corrected chi connectivity index (χ0v) is 15.2. The van der Waals surface area contributed by atoms with E-state index in [9.17, 15) is 4.79 Å². The SMILES string of the molecule is COc1ccc(NC(=O)[C@H](C)Sc2nnc(-c3ccco3)o2)cc1OC. The Balaban J connectivity index is 1.63. The van der Waals surface area contributed by atoms with Crippen LogP contribution < -0.4 is 14.8 Å².